The van der Waals surface area contributed by atoms with Gasteiger partial charge in [0.2, 0.25) is 5.13 Å². The minimum absolute atomic E-state index is 0.498. The molecule has 1 aliphatic heterocycles. The standard InChI is InChI=1S/C13H12ClN3O2S/c14-9-5-2-1-4-8(9)11-15-16-13(20-11)17-7-3-6-10(17)12(18)19/h1-2,4-5,10H,3,6-7H2,(H,18,19)/t10-/m1/s1. The first-order chi connectivity index (χ1) is 9.66. The van der Waals surface area contributed by atoms with Crippen LogP contribution in [0.4, 0.5) is 5.13 Å². The number of carboxylic acids is 1. The molecule has 2 heterocycles. The molecule has 1 N–H and O–H groups in total. The summed E-state index contributed by atoms with van der Waals surface area (Å²) in [5.41, 5.74) is 0.823. The van der Waals surface area contributed by atoms with Crippen LogP contribution in [-0.2, 0) is 4.79 Å². The fourth-order valence-corrected chi connectivity index (χ4v) is 3.57. The van der Waals surface area contributed by atoms with Crippen molar-refractivity contribution < 1.29 is 9.90 Å². The van der Waals surface area contributed by atoms with Gasteiger partial charge in [-0.05, 0) is 18.9 Å². The van der Waals surface area contributed by atoms with Crippen molar-refractivity contribution >= 4 is 34.0 Å². The van der Waals surface area contributed by atoms with Gasteiger partial charge in [-0.25, -0.2) is 4.79 Å². The number of halogens is 1. The van der Waals surface area contributed by atoms with Crippen LogP contribution >= 0.6 is 22.9 Å². The van der Waals surface area contributed by atoms with E-state index in [0.717, 1.165) is 12.0 Å². The highest BCUT2D eigenvalue weighted by Crippen LogP contribution is 2.35. The summed E-state index contributed by atoms with van der Waals surface area (Å²) in [6.45, 7) is 0.703. The van der Waals surface area contributed by atoms with Crippen LogP contribution in [0.25, 0.3) is 10.6 Å². The molecule has 3 rings (SSSR count). The maximum Gasteiger partial charge on any atom is 0.326 e. The molecule has 1 aromatic carbocycles. The average Bonchev–Trinajstić information content (AvgIpc) is 3.07. The van der Waals surface area contributed by atoms with Crippen LogP contribution in [0.3, 0.4) is 0 Å². The average molecular weight is 310 g/mol. The predicted octanol–water partition coefficient (Wildman–Crippen LogP) is 2.91. The molecule has 1 aromatic heterocycles. The lowest BCUT2D eigenvalue weighted by Gasteiger charge is -2.19. The number of hydrogen-bond donors (Lipinski definition) is 1. The van der Waals surface area contributed by atoms with Crippen molar-refractivity contribution in [2.24, 2.45) is 0 Å². The van der Waals surface area contributed by atoms with E-state index in [2.05, 4.69) is 10.2 Å². The highest BCUT2D eigenvalue weighted by Gasteiger charge is 2.32. The smallest absolute Gasteiger partial charge is 0.326 e. The molecule has 1 atom stereocenters. The first kappa shape index (κ1) is 13.3. The van der Waals surface area contributed by atoms with Gasteiger partial charge in [-0.3, -0.25) is 0 Å². The third kappa shape index (κ3) is 2.36. The van der Waals surface area contributed by atoms with Gasteiger partial charge >= 0.3 is 5.97 Å². The Kier molecular flexibility index (Phi) is 3.58. The Balaban J connectivity index is 1.91. The Hall–Kier alpha value is -1.66. The number of aromatic nitrogens is 2. The van der Waals surface area contributed by atoms with Gasteiger partial charge in [0.25, 0.3) is 0 Å². The predicted molar refractivity (Wildman–Crippen MR) is 78.4 cm³/mol. The summed E-state index contributed by atoms with van der Waals surface area (Å²) in [6, 6.07) is 6.92. The van der Waals surface area contributed by atoms with Gasteiger partial charge < -0.3 is 10.0 Å². The number of anilines is 1. The van der Waals surface area contributed by atoms with E-state index in [9.17, 15) is 9.90 Å². The van der Waals surface area contributed by atoms with E-state index in [4.69, 9.17) is 11.6 Å². The highest BCUT2D eigenvalue weighted by atomic mass is 35.5. The Morgan fingerprint density at radius 1 is 1.40 bits per heavy atom. The van der Waals surface area contributed by atoms with Gasteiger partial charge in [-0.15, -0.1) is 10.2 Å². The fourth-order valence-electron chi connectivity index (χ4n) is 2.33. The summed E-state index contributed by atoms with van der Waals surface area (Å²) < 4.78 is 0. The van der Waals surface area contributed by atoms with Crippen molar-refractivity contribution in [1.82, 2.24) is 10.2 Å². The van der Waals surface area contributed by atoms with E-state index in [1.807, 2.05) is 18.2 Å². The summed E-state index contributed by atoms with van der Waals surface area (Å²) in [5.74, 6) is -0.808. The minimum atomic E-state index is -0.808. The van der Waals surface area contributed by atoms with Crippen molar-refractivity contribution in [2.75, 3.05) is 11.4 Å². The SMILES string of the molecule is O=C(O)[C@H]1CCCN1c1nnc(-c2ccccc2Cl)s1. The third-order valence-corrected chi connectivity index (χ3v) is 4.63. The van der Waals surface area contributed by atoms with E-state index < -0.39 is 12.0 Å². The molecular weight excluding hydrogens is 298 g/mol. The number of aliphatic carboxylic acids is 1. The van der Waals surface area contributed by atoms with Crippen molar-refractivity contribution in [2.45, 2.75) is 18.9 Å². The van der Waals surface area contributed by atoms with Crippen LogP contribution in [0.2, 0.25) is 5.02 Å². The quantitative estimate of drug-likeness (QED) is 0.944. The summed E-state index contributed by atoms with van der Waals surface area (Å²) in [7, 11) is 0. The molecule has 0 amide bonds. The highest BCUT2D eigenvalue weighted by molar-refractivity contribution is 7.18. The summed E-state index contributed by atoms with van der Waals surface area (Å²) in [6.07, 6.45) is 1.51. The number of benzene rings is 1. The second-order valence-electron chi connectivity index (χ2n) is 4.56. The van der Waals surface area contributed by atoms with E-state index >= 15 is 0 Å². The van der Waals surface area contributed by atoms with Crippen LogP contribution in [-0.4, -0.2) is 33.9 Å². The monoisotopic (exact) mass is 309 g/mol. The topological polar surface area (TPSA) is 66.3 Å². The van der Waals surface area contributed by atoms with Crippen molar-refractivity contribution in [3.63, 3.8) is 0 Å². The Morgan fingerprint density at radius 3 is 2.95 bits per heavy atom. The first-order valence-electron chi connectivity index (χ1n) is 6.24. The Labute approximate surface area is 124 Å². The minimum Gasteiger partial charge on any atom is -0.480 e. The van der Waals surface area contributed by atoms with Crippen molar-refractivity contribution in [3.05, 3.63) is 29.3 Å². The lowest BCUT2D eigenvalue weighted by molar-refractivity contribution is -0.138. The molecule has 7 heteroatoms. The maximum absolute atomic E-state index is 11.2. The Morgan fingerprint density at radius 2 is 2.20 bits per heavy atom. The van der Waals surface area contributed by atoms with E-state index in [-0.39, 0.29) is 0 Å². The lowest BCUT2D eigenvalue weighted by Crippen LogP contribution is -2.35. The van der Waals surface area contributed by atoms with Gasteiger partial charge in [0.1, 0.15) is 6.04 Å². The molecule has 2 aromatic rings. The molecule has 1 fully saturated rings. The number of hydrogen-bond acceptors (Lipinski definition) is 5. The van der Waals surface area contributed by atoms with Crippen LogP contribution in [0.15, 0.2) is 24.3 Å². The Bertz CT molecular complexity index is 646. The summed E-state index contributed by atoms with van der Waals surface area (Å²) >= 11 is 7.51. The van der Waals surface area contributed by atoms with Crippen LogP contribution in [0.1, 0.15) is 12.8 Å². The zero-order chi connectivity index (χ0) is 14.1. The fraction of sp³-hybridized carbons (Fsp3) is 0.308. The third-order valence-electron chi connectivity index (χ3n) is 3.30. The largest absolute Gasteiger partial charge is 0.480 e. The lowest BCUT2D eigenvalue weighted by atomic mass is 10.2. The van der Waals surface area contributed by atoms with Crippen molar-refractivity contribution in [3.8, 4) is 10.6 Å². The molecule has 5 nitrogen and oxygen atoms in total. The van der Waals surface area contributed by atoms with E-state index in [1.54, 1.807) is 11.0 Å². The molecule has 1 aliphatic rings. The summed E-state index contributed by atoms with van der Waals surface area (Å²) in [4.78, 5) is 13.0. The number of rotatable bonds is 3. The zero-order valence-corrected chi connectivity index (χ0v) is 12.1. The van der Waals surface area contributed by atoms with Crippen molar-refractivity contribution in [1.29, 1.82) is 0 Å². The molecule has 20 heavy (non-hydrogen) atoms. The van der Waals surface area contributed by atoms with E-state index in [1.165, 1.54) is 11.3 Å². The van der Waals surface area contributed by atoms with Gasteiger partial charge in [-0.1, -0.05) is 41.1 Å². The molecule has 0 saturated carbocycles. The second kappa shape index (κ2) is 5.38. The first-order valence-corrected chi connectivity index (χ1v) is 7.44. The molecule has 0 spiro atoms. The molecular formula is C13H12ClN3O2S. The molecule has 1 saturated heterocycles. The molecule has 0 radical (unpaired) electrons. The number of carbonyl (C=O) groups is 1. The van der Waals surface area contributed by atoms with Gasteiger partial charge in [0, 0.05) is 12.1 Å². The molecule has 0 bridgehead atoms. The molecule has 0 aliphatic carbocycles. The van der Waals surface area contributed by atoms with E-state index in [0.29, 0.717) is 28.1 Å². The molecule has 104 valence electrons. The normalized spacial score (nSPS) is 18.4. The maximum atomic E-state index is 11.2. The van der Waals surface area contributed by atoms with Gasteiger partial charge in [0.15, 0.2) is 5.01 Å². The van der Waals surface area contributed by atoms with Gasteiger partial charge in [-0.2, -0.15) is 0 Å². The second-order valence-corrected chi connectivity index (χ2v) is 5.92. The van der Waals surface area contributed by atoms with Crippen LogP contribution < -0.4 is 4.90 Å². The number of carboxylic acid groups (broad SMARTS) is 1. The zero-order valence-electron chi connectivity index (χ0n) is 10.5. The van der Waals surface area contributed by atoms with Crippen LogP contribution in [0, 0.1) is 0 Å². The molecule has 0 unspecified atom stereocenters. The summed E-state index contributed by atoms with van der Waals surface area (Å²) in [5, 5.41) is 19.4. The van der Waals surface area contributed by atoms with Crippen LogP contribution in [0.5, 0.6) is 0 Å². The van der Waals surface area contributed by atoms with Gasteiger partial charge in [0.05, 0.1) is 5.02 Å². The number of nitrogens with zero attached hydrogens (tertiary/aromatic N) is 3.